The average Bonchev–Trinajstić information content (AvgIpc) is 2.36. The standard InChI is InChI=1S/C12H13F3N2O4/c1-21-5-9(11(19)20)17-6-2-3-7(10(16)18)8(4-6)12(13,14)15/h2-4,9,17H,5H2,1H3,(H2,16,18)(H,19,20). The van der Waals surface area contributed by atoms with Crippen molar-refractivity contribution >= 4 is 17.6 Å². The molecule has 0 aliphatic carbocycles. The number of rotatable bonds is 6. The van der Waals surface area contributed by atoms with Gasteiger partial charge in [-0.2, -0.15) is 13.2 Å². The molecule has 4 N–H and O–H groups in total. The van der Waals surface area contributed by atoms with Gasteiger partial charge in [0.05, 0.1) is 17.7 Å². The first-order chi connectivity index (χ1) is 9.66. The van der Waals surface area contributed by atoms with Crippen LogP contribution in [0.5, 0.6) is 0 Å². The first kappa shape index (κ1) is 16.8. The predicted molar refractivity (Wildman–Crippen MR) is 66.9 cm³/mol. The summed E-state index contributed by atoms with van der Waals surface area (Å²) in [7, 11) is 1.26. The van der Waals surface area contributed by atoms with Crippen molar-refractivity contribution in [2.24, 2.45) is 5.73 Å². The molecule has 0 saturated heterocycles. The molecule has 9 heteroatoms. The number of methoxy groups -OCH3 is 1. The summed E-state index contributed by atoms with van der Waals surface area (Å²) >= 11 is 0. The number of benzene rings is 1. The number of ether oxygens (including phenoxy) is 1. The van der Waals surface area contributed by atoms with Gasteiger partial charge < -0.3 is 20.9 Å². The number of anilines is 1. The Bertz CT molecular complexity index is 546. The molecule has 116 valence electrons. The number of carbonyl (C=O) groups excluding carboxylic acids is 1. The van der Waals surface area contributed by atoms with Gasteiger partial charge in [-0.05, 0) is 18.2 Å². The van der Waals surface area contributed by atoms with Gasteiger partial charge in [-0.1, -0.05) is 0 Å². The van der Waals surface area contributed by atoms with E-state index in [9.17, 15) is 22.8 Å². The molecule has 21 heavy (non-hydrogen) atoms. The monoisotopic (exact) mass is 306 g/mol. The van der Waals surface area contributed by atoms with Crippen molar-refractivity contribution < 1.29 is 32.6 Å². The zero-order valence-corrected chi connectivity index (χ0v) is 10.9. The Balaban J connectivity index is 3.16. The van der Waals surface area contributed by atoms with Gasteiger partial charge in [0, 0.05) is 12.8 Å². The number of aliphatic carboxylic acids is 1. The van der Waals surface area contributed by atoms with Crippen LogP contribution in [0.4, 0.5) is 18.9 Å². The van der Waals surface area contributed by atoms with Crippen LogP contribution in [0, 0.1) is 0 Å². The van der Waals surface area contributed by atoms with E-state index in [1.165, 1.54) is 7.11 Å². The zero-order chi connectivity index (χ0) is 16.2. The number of nitrogens with two attached hydrogens (primary N) is 1. The summed E-state index contributed by atoms with van der Waals surface area (Å²) in [5.41, 5.74) is 2.85. The number of nitrogens with one attached hydrogen (secondary N) is 1. The van der Waals surface area contributed by atoms with Crippen molar-refractivity contribution in [1.29, 1.82) is 0 Å². The third-order valence-electron chi connectivity index (χ3n) is 2.56. The topological polar surface area (TPSA) is 102 Å². The van der Waals surface area contributed by atoms with E-state index in [2.05, 4.69) is 10.1 Å². The number of hydrogen-bond acceptors (Lipinski definition) is 4. The van der Waals surface area contributed by atoms with Gasteiger partial charge in [0.2, 0.25) is 5.91 Å². The molecule has 1 unspecified atom stereocenters. The summed E-state index contributed by atoms with van der Waals surface area (Å²) in [5, 5.41) is 11.3. The first-order valence-corrected chi connectivity index (χ1v) is 5.66. The molecule has 1 atom stereocenters. The smallest absolute Gasteiger partial charge is 0.417 e. The lowest BCUT2D eigenvalue weighted by Gasteiger charge is -2.17. The SMILES string of the molecule is COCC(Nc1ccc(C(N)=O)c(C(F)(F)F)c1)C(=O)O. The van der Waals surface area contributed by atoms with Crippen molar-refractivity contribution in [3.8, 4) is 0 Å². The maximum absolute atomic E-state index is 12.9. The fraction of sp³-hybridized carbons (Fsp3) is 0.333. The molecule has 1 amide bonds. The van der Waals surface area contributed by atoms with Crippen molar-refractivity contribution in [2.75, 3.05) is 19.0 Å². The summed E-state index contributed by atoms with van der Waals surface area (Å²) in [6.07, 6.45) is -4.79. The Morgan fingerprint density at radius 3 is 2.48 bits per heavy atom. The van der Waals surface area contributed by atoms with Gasteiger partial charge in [-0.25, -0.2) is 4.79 Å². The highest BCUT2D eigenvalue weighted by atomic mass is 19.4. The van der Waals surface area contributed by atoms with E-state index in [-0.39, 0.29) is 12.3 Å². The molecule has 0 spiro atoms. The second-order valence-electron chi connectivity index (χ2n) is 4.11. The maximum Gasteiger partial charge on any atom is 0.417 e. The summed E-state index contributed by atoms with van der Waals surface area (Å²) in [6.45, 7) is -0.242. The molecule has 1 aromatic rings. The van der Waals surface area contributed by atoms with Crippen molar-refractivity contribution in [3.63, 3.8) is 0 Å². The van der Waals surface area contributed by atoms with Gasteiger partial charge in [0.1, 0.15) is 6.04 Å². The van der Waals surface area contributed by atoms with E-state index in [1.807, 2.05) is 0 Å². The number of hydrogen-bond donors (Lipinski definition) is 3. The second kappa shape index (κ2) is 6.44. The lowest BCUT2D eigenvalue weighted by molar-refractivity contribution is -0.139. The minimum absolute atomic E-state index is 0.114. The number of halogens is 3. The van der Waals surface area contributed by atoms with Gasteiger partial charge in [0.15, 0.2) is 0 Å². The van der Waals surface area contributed by atoms with Crippen LogP contribution in [-0.2, 0) is 15.7 Å². The number of alkyl halides is 3. The Kier molecular flexibility index (Phi) is 5.14. The minimum atomic E-state index is -4.79. The van der Waals surface area contributed by atoms with Gasteiger partial charge in [0.25, 0.3) is 0 Å². The van der Waals surface area contributed by atoms with E-state index in [0.717, 1.165) is 12.1 Å². The summed E-state index contributed by atoms with van der Waals surface area (Å²) in [4.78, 5) is 21.9. The normalized spacial score (nSPS) is 12.8. The van der Waals surface area contributed by atoms with Crippen LogP contribution in [0.25, 0.3) is 0 Å². The second-order valence-corrected chi connectivity index (χ2v) is 4.11. The highest BCUT2D eigenvalue weighted by Gasteiger charge is 2.35. The Hall–Kier alpha value is -2.29. The first-order valence-electron chi connectivity index (χ1n) is 5.66. The maximum atomic E-state index is 12.9. The molecular formula is C12H13F3N2O4. The van der Waals surface area contributed by atoms with Crippen LogP contribution in [0.1, 0.15) is 15.9 Å². The summed E-state index contributed by atoms with van der Waals surface area (Å²) < 4.78 is 43.2. The van der Waals surface area contributed by atoms with Crippen molar-refractivity contribution in [3.05, 3.63) is 29.3 Å². The molecule has 0 heterocycles. The molecule has 0 fully saturated rings. The third-order valence-corrected chi connectivity index (χ3v) is 2.56. The van der Waals surface area contributed by atoms with Crippen LogP contribution < -0.4 is 11.1 Å². The third kappa shape index (κ3) is 4.35. The van der Waals surface area contributed by atoms with E-state index < -0.39 is 35.2 Å². The molecule has 0 aliphatic heterocycles. The largest absolute Gasteiger partial charge is 0.480 e. The van der Waals surface area contributed by atoms with Crippen LogP contribution in [0.3, 0.4) is 0 Å². The summed E-state index contributed by atoms with van der Waals surface area (Å²) in [6, 6.07) is 1.43. The Morgan fingerprint density at radius 1 is 1.43 bits per heavy atom. The highest BCUT2D eigenvalue weighted by Crippen LogP contribution is 2.33. The minimum Gasteiger partial charge on any atom is -0.480 e. The number of carbonyl (C=O) groups is 2. The van der Waals surface area contributed by atoms with E-state index in [1.54, 1.807) is 0 Å². The van der Waals surface area contributed by atoms with E-state index >= 15 is 0 Å². The molecule has 0 radical (unpaired) electrons. The molecule has 1 aromatic carbocycles. The van der Waals surface area contributed by atoms with Gasteiger partial charge >= 0.3 is 12.1 Å². The molecule has 0 saturated carbocycles. The molecular weight excluding hydrogens is 293 g/mol. The molecule has 0 aromatic heterocycles. The van der Waals surface area contributed by atoms with Crippen molar-refractivity contribution in [2.45, 2.75) is 12.2 Å². The molecule has 1 rings (SSSR count). The Morgan fingerprint density at radius 2 is 2.05 bits per heavy atom. The Labute approximate surface area is 117 Å². The number of carboxylic acids is 1. The van der Waals surface area contributed by atoms with E-state index in [0.29, 0.717) is 6.07 Å². The average molecular weight is 306 g/mol. The predicted octanol–water partition coefficient (Wildman–Crippen LogP) is 1.32. The lowest BCUT2D eigenvalue weighted by atomic mass is 10.1. The van der Waals surface area contributed by atoms with Crippen molar-refractivity contribution in [1.82, 2.24) is 0 Å². The zero-order valence-electron chi connectivity index (χ0n) is 10.9. The molecule has 6 nitrogen and oxygen atoms in total. The van der Waals surface area contributed by atoms with Crippen LogP contribution >= 0.6 is 0 Å². The number of amides is 1. The molecule has 0 bridgehead atoms. The van der Waals surface area contributed by atoms with Gasteiger partial charge in [-0.3, -0.25) is 4.79 Å². The molecule has 0 aliphatic rings. The fourth-order valence-corrected chi connectivity index (χ4v) is 1.63. The summed E-state index contributed by atoms with van der Waals surface area (Å²) in [5.74, 6) is -2.51. The van der Waals surface area contributed by atoms with Crippen LogP contribution in [0.2, 0.25) is 0 Å². The number of primary amides is 1. The fourth-order valence-electron chi connectivity index (χ4n) is 1.63. The lowest BCUT2D eigenvalue weighted by Crippen LogP contribution is -2.33. The highest BCUT2D eigenvalue weighted by molar-refractivity contribution is 5.95. The van der Waals surface area contributed by atoms with Gasteiger partial charge in [-0.15, -0.1) is 0 Å². The van der Waals surface area contributed by atoms with Crippen LogP contribution in [0.15, 0.2) is 18.2 Å². The number of carboxylic acid groups (broad SMARTS) is 1. The van der Waals surface area contributed by atoms with E-state index in [4.69, 9.17) is 10.8 Å². The van der Waals surface area contributed by atoms with Crippen LogP contribution in [-0.4, -0.2) is 36.7 Å². The quantitative estimate of drug-likeness (QED) is 0.735.